The van der Waals surface area contributed by atoms with Crippen LogP contribution in [0.3, 0.4) is 0 Å². The Morgan fingerprint density at radius 3 is 2.35 bits per heavy atom. The maximum absolute atomic E-state index is 11.7. The van der Waals surface area contributed by atoms with Gasteiger partial charge in [-0.05, 0) is 39.5 Å². The number of ether oxygens (including phenoxy) is 3. The third-order valence-electron chi connectivity index (χ3n) is 2.86. The van der Waals surface area contributed by atoms with Crippen LogP contribution in [0, 0.1) is 5.92 Å². The normalized spacial score (nSPS) is 17.7. The Bertz CT molecular complexity index is 378. The van der Waals surface area contributed by atoms with Crippen LogP contribution < -0.4 is 0 Å². The molecule has 0 aromatic rings. The molecule has 0 N–H and O–H groups in total. The molecule has 0 aromatic carbocycles. The summed E-state index contributed by atoms with van der Waals surface area (Å²) < 4.78 is 15.0. The first kappa shape index (κ1) is 16.6. The number of carbonyl (C=O) groups excluding carboxylic acids is 2. The number of hydrogen-bond acceptors (Lipinski definition) is 5. The van der Waals surface area contributed by atoms with Gasteiger partial charge in [0.2, 0.25) is 0 Å². The average Bonchev–Trinajstić information content (AvgIpc) is 2.36. The zero-order chi connectivity index (χ0) is 15.2. The molecule has 6 nitrogen and oxygen atoms in total. The van der Waals surface area contributed by atoms with Crippen LogP contribution in [0.15, 0.2) is 4.99 Å². The van der Waals surface area contributed by atoms with Gasteiger partial charge in [-0.1, -0.05) is 0 Å². The predicted molar refractivity (Wildman–Crippen MR) is 73.8 cm³/mol. The lowest BCUT2D eigenvalue weighted by Crippen LogP contribution is -2.27. The van der Waals surface area contributed by atoms with Crippen molar-refractivity contribution in [2.75, 3.05) is 20.3 Å². The summed E-state index contributed by atoms with van der Waals surface area (Å²) in [7, 11) is 1.27. The number of carbonyl (C=O) groups is 2. The predicted octanol–water partition coefficient (Wildman–Crippen LogP) is 2.35. The highest BCUT2D eigenvalue weighted by Gasteiger charge is 2.23. The fraction of sp³-hybridized carbons (Fsp3) is 0.786. The highest BCUT2D eigenvalue weighted by Crippen LogP contribution is 2.20. The van der Waals surface area contributed by atoms with Crippen molar-refractivity contribution in [3.8, 4) is 0 Å². The number of rotatable bonds is 3. The fourth-order valence-electron chi connectivity index (χ4n) is 1.91. The Morgan fingerprint density at radius 1 is 1.25 bits per heavy atom. The fourth-order valence-corrected chi connectivity index (χ4v) is 1.91. The van der Waals surface area contributed by atoms with Crippen molar-refractivity contribution in [1.29, 1.82) is 0 Å². The van der Waals surface area contributed by atoms with Gasteiger partial charge in [-0.2, -0.15) is 4.99 Å². The SMILES string of the molecule is COC(=O)C(CC1CCOCC1)=NC(=O)OC(C)(C)C. The summed E-state index contributed by atoms with van der Waals surface area (Å²) >= 11 is 0. The standard InChI is InChI=1S/C14H23NO5/c1-14(2,3)20-13(17)15-11(12(16)18-4)9-10-5-7-19-8-6-10/h10H,5-9H2,1-4H3. The van der Waals surface area contributed by atoms with E-state index in [1.165, 1.54) is 7.11 Å². The first-order valence-electron chi connectivity index (χ1n) is 6.78. The van der Waals surface area contributed by atoms with Crippen LogP contribution in [-0.2, 0) is 19.0 Å². The second kappa shape index (κ2) is 7.38. The van der Waals surface area contributed by atoms with Gasteiger partial charge in [0.25, 0.3) is 0 Å². The van der Waals surface area contributed by atoms with Crippen LogP contribution in [-0.4, -0.2) is 43.7 Å². The van der Waals surface area contributed by atoms with Crippen LogP contribution in [0.25, 0.3) is 0 Å². The highest BCUT2D eigenvalue weighted by molar-refractivity contribution is 6.37. The van der Waals surface area contributed by atoms with Gasteiger partial charge >= 0.3 is 12.1 Å². The summed E-state index contributed by atoms with van der Waals surface area (Å²) in [4.78, 5) is 27.2. The second-order valence-corrected chi connectivity index (χ2v) is 5.79. The molecule has 0 unspecified atom stereocenters. The lowest BCUT2D eigenvalue weighted by atomic mass is 9.94. The minimum absolute atomic E-state index is 0.119. The topological polar surface area (TPSA) is 74.2 Å². The number of esters is 1. The summed E-state index contributed by atoms with van der Waals surface area (Å²) in [5, 5.41) is 0. The molecule has 1 aliphatic rings. The minimum Gasteiger partial charge on any atom is -0.465 e. The second-order valence-electron chi connectivity index (χ2n) is 5.79. The van der Waals surface area contributed by atoms with E-state index in [1.54, 1.807) is 20.8 Å². The van der Waals surface area contributed by atoms with Crippen molar-refractivity contribution in [1.82, 2.24) is 0 Å². The van der Waals surface area contributed by atoms with Crippen LogP contribution >= 0.6 is 0 Å². The van der Waals surface area contributed by atoms with Gasteiger partial charge in [0.15, 0.2) is 0 Å². The molecule has 1 amide bonds. The third kappa shape index (κ3) is 6.14. The molecule has 1 heterocycles. The van der Waals surface area contributed by atoms with Gasteiger partial charge in [0.05, 0.1) is 7.11 Å². The monoisotopic (exact) mass is 285 g/mol. The molecule has 20 heavy (non-hydrogen) atoms. The molecular formula is C14H23NO5. The molecule has 1 saturated heterocycles. The van der Waals surface area contributed by atoms with E-state index in [0.717, 1.165) is 12.8 Å². The first-order valence-corrected chi connectivity index (χ1v) is 6.78. The molecule has 0 saturated carbocycles. The molecule has 0 aliphatic carbocycles. The number of aliphatic imine (C=N–C) groups is 1. The number of hydrogen-bond donors (Lipinski definition) is 0. The molecule has 1 fully saturated rings. The van der Waals surface area contributed by atoms with Crippen LogP contribution in [0.2, 0.25) is 0 Å². The summed E-state index contributed by atoms with van der Waals surface area (Å²) in [6.07, 6.45) is 1.36. The van der Waals surface area contributed by atoms with Gasteiger partial charge in [-0.3, -0.25) is 0 Å². The van der Waals surface area contributed by atoms with Gasteiger partial charge in [0.1, 0.15) is 11.3 Å². The summed E-state index contributed by atoms with van der Waals surface area (Å²) in [5.41, 5.74) is -0.519. The van der Waals surface area contributed by atoms with E-state index >= 15 is 0 Å². The van der Waals surface area contributed by atoms with E-state index in [0.29, 0.717) is 19.6 Å². The first-order chi connectivity index (χ1) is 9.31. The van der Waals surface area contributed by atoms with Crippen molar-refractivity contribution in [2.24, 2.45) is 10.9 Å². The zero-order valence-electron chi connectivity index (χ0n) is 12.6. The summed E-state index contributed by atoms with van der Waals surface area (Å²) in [6.45, 7) is 6.58. The lowest BCUT2D eigenvalue weighted by Gasteiger charge is -2.22. The van der Waals surface area contributed by atoms with E-state index in [4.69, 9.17) is 9.47 Å². The van der Waals surface area contributed by atoms with E-state index in [-0.39, 0.29) is 11.6 Å². The zero-order valence-corrected chi connectivity index (χ0v) is 12.6. The molecule has 0 spiro atoms. The number of methoxy groups -OCH3 is 1. The van der Waals surface area contributed by atoms with Crippen molar-refractivity contribution in [3.05, 3.63) is 0 Å². The Morgan fingerprint density at radius 2 is 1.85 bits per heavy atom. The van der Waals surface area contributed by atoms with Crippen LogP contribution in [0.4, 0.5) is 4.79 Å². The number of amides is 1. The highest BCUT2D eigenvalue weighted by atomic mass is 16.6. The van der Waals surface area contributed by atoms with Gasteiger partial charge < -0.3 is 14.2 Å². The van der Waals surface area contributed by atoms with Gasteiger partial charge in [-0.25, -0.2) is 9.59 Å². The van der Waals surface area contributed by atoms with E-state index in [9.17, 15) is 9.59 Å². The molecule has 0 radical (unpaired) electrons. The number of nitrogens with zero attached hydrogens (tertiary/aromatic N) is 1. The van der Waals surface area contributed by atoms with Gasteiger partial charge in [0, 0.05) is 19.6 Å². The van der Waals surface area contributed by atoms with Crippen molar-refractivity contribution in [2.45, 2.75) is 45.6 Å². The van der Waals surface area contributed by atoms with Crippen LogP contribution in [0.1, 0.15) is 40.0 Å². The molecular weight excluding hydrogens is 262 g/mol. The van der Waals surface area contributed by atoms with Crippen molar-refractivity contribution >= 4 is 17.8 Å². The Labute approximate surface area is 119 Å². The van der Waals surface area contributed by atoms with E-state index in [2.05, 4.69) is 9.73 Å². The minimum atomic E-state index is -0.759. The molecule has 114 valence electrons. The van der Waals surface area contributed by atoms with Crippen molar-refractivity contribution < 1.29 is 23.8 Å². The van der Waals surface area contributed by atoms with Gasteiger partial charge in [-0.15, -0.1) is 0 Å². The molecule has 0 bridgehead atoms. The van der Waals surface area contributed by atoms with Crippen LogP contribution in [0.5, 0.6) is 0 Å². The average molecular weight is 285 g/mol. The largest absolute Gasteiger partial charge is 0.465 e. The Balaban J connectivity index is 2.72. The molecule has 6 heteroatoms. The molecule has 0 aromatic heterocycles. The smallest absolute Gasteiger partial charge is 0.434 e. The molecule has 0 atom stereocenters. The Hall–Kier alpha value is -1.43. The maximum atomic E-state index is 11.7. The molecule has 1 rings (SSSR count). The molecule has 1 aliphatic heterocycles. The lowest BCUT2D eigenvalue weighted by molar-refractivity contribution is -0.133. The summed E-state index contributed by atoms with van der Waals surface area (Å²) in [6, 6.07) is 0. The van der Waals surface area contributed by atoms with E-state index in [1.807, 2.05) is 0 Å². The Kier molecular flexibility index (Phi) is 6.13. The summed E-state index contributed by atoms with van der Waals surface area (Å²) in [5.74, 6) is -0.300. The quantitative estimate of drug-likeness (QED) is 0.588. The van der Waals surface area contributed by atoms with Crippen molar-refractivity contribution in [3.63, 3.8) is 0 Å². The third-order valence-corrected chi connectivity index (χ3v) is 2.86. The maximum Gasteiger partial charge on any atom is 0.434 e. The van der Waals surface area contributed by atoms with E-state index < -0.39 is 17.7 Å².